The van der Waals surface area contributed by atoms with Crippen LogP contribution in [-0.4, -0.2) is 45.7 Å². The van der Waals surface area contributed by atoms with Gasteiger partial charge in [0.15, 0.2) is 15.8 Å². The Hall–Kier alpha value is -1.36. The van der Waals surface area contributed by atoms with Crippen LogP contribution in [-0.2, 0) is 21.2 Å². The number of nitrogens with one attached hydrogen (secondary N) is 3. The summed E-state index contributed by atoms with van der Waals surface area (Å²) in [6.07, 6.45) is 4.67. The molecule has 1 aromatic rings. The fraction of sp³-hybridized carbons (Fsp3) is 0.579. The average Bonchev–Trinajstić information content (AvgIpc) is 3.39. The van der Waals surface area contributed by atoms with E-state index in [0.717, 1.165) is 36.9 Å². The monoisotopic (exact) mass is 522 g/mol. The molecule has 1 aliphatic carbocycles. The lowest BCUT2D eigenvalue weighted by atomic mass is 10.1. The molecule has 1 amide bonds. The van der Waals surface area contributed by atoms with Gasteiger partial charge in [-0.1, -0.05) is 12.1 Å². The third-order valence-corrected chi connectivity index (χ3v) is 5.48. The van der Waals surface area contributed by atoms with Crippen LogP contribution in [0.3, 0.4) is 0 Å². The third kappa shape index (κ3) is 8.76. The van der Waals surface area contributed by atoms with Crippen LogP contribution in [0.2, 0.25) is 0 Å². The predicted octanol–water partition coefficient (Wildman–Crippen LogP) is 2.13. The molecule has 28 heavy (non-hydrogen) atoms. The second kappa shape index (κ2) is 11.6. The van der Waals surface area contributed by atoms with Gasteiger partial charge in [0.2, 0.25) is 5.91 Å². The fourth-order valence-electron chi connectivity index (χ4n) is 2.72. The molecule has 1 saturated carbocycles. The highest BCUT2D eigenvalue weighted by atomic mass is 127. The van der Waals surface area contributed by atoms with Crippen molar-refractivity contribution in [1.82, 2.24) is 16.0 Å². The van der Waals surface area contributed by atoms with Crippen LogP contribution in [0.4, 0.5) is 0 Å². The van der Waals surface area contributed by atoms with Crippen LogP contribution in [0.15, 0.2) is 28.1 Å². The number of hydrogen-bond donors (Lipinski definition) is 3. The molecule has 0 unspecified atom stereocenters. The highest BCUT2D eigenvalue weighted by Crippen LogP contribution is 2.18. The largest absolute Gasteiger partial charge is 0.357 e. The van der Waals surface area contributed by atoms with Crippen molar-refractivity contribution < 1.29 is 13.2 Å². The van der Waals surface area contributed by atoms with Crippen LogP contribution in [0.1, 0.15) is 43.7 Å². The lowest BCUT2D eigenvalue weighted by molar-refractivity contribution is -0.121. The number of aliphatic imine (C=N–C) groups is 1. The summed E-state index contributed by atoms with van der Waals surface area (Å²) in [5.74, 6) is 0.799. The Morgan fingerprint density at radius 2 is 1.96 bits per heavy atom. The topological polar surface area (TPSA) is 99.7 Å². The van der Waals surface area contributed by atoms with Crippen LogP contribution in [0, 0.1) is 6.92 Å². The van der Waals surface area contributed by atoms with Crippen molar-refractivity contribution in [2.75, 3.05) is 19.3 Å². The van der Waals surface area contributed by atoms with Crippen LogP contribution in [0.25, 0.3) is 0 Å². The Bertz CT molecular complexity index is 792. The molecule has 7 nitrogen and oxygen atoms in total. The molecule has 0 aromatic heterocycles. The van der Waals surface area contributed by atoms with Gasteiger partial charge in [0.1, 0.15) is 0 Å². The minimum atomic E-state index is -3.21. The molecule has 1 aromatic carbocycles. The summed E-state index contributed by atoms with van der Waals surface area (Å²) in [7, 11) is -3.21. The molecule has 0 spiro atoms. The summed E-state index contributed by atoms with van der Waals surface area (Å²) in [5, 5.41) is 9.38. The zero-order valence-electron chi connectivity index (χ0n) is 16.7. The molecule has 2 rings (SSSR count). The molecular formula is C19H31IN4O3S. The maximum atomic E-state index is 11.7. The molecule has 1 aliphatic rings. The van der Waals surface area contributed by atoms with Crippen molar-refractivity contribution >= 4 is 45.7 Å². The number of carbonyl (C=O) groups is 1. The Labute approximate surface area is 185 Å². The number of rotatable bonds is 9. The first-order chi connectivity index (χ1) is 12.8. The van der Waals surface area contributed by atoms with Crippen molar-refractivity contribution in [1.29, 1.82) is 0 Å². The minimum absolute atomic E-state index is 0. The van der Waals surface area contributed by atoms with Gasteiger partial charge in [-0.2, -0.15) is 0 Å². The summed E-state index contributed by atoms with van der Waals surface area (Å²) in [6.45, 7) is 5.63. The first-order valence-corrected chi connectivity index (χ1v) is 11.3. The molecule has 9 heteroatoms. The highest BCUT2D eigenvalue weighted by Gasteiger charge is 2.22. The van der Waals surface area contributed by atoms with Gasteiger partial charge in [-0.25, -0.2) is 13.4 Å². The number of halogens is 1. The first kappa shape index (κ1) is 24.7. The zero-order chi connectivity index (χ0) is 19.9. The number of benzene rings is 1. The molecule has 0 saturated heterocycles. The molecule has 158 valence electrons. The highest BCUT2D eigenvalue weighted by molar-refractivity contribution is 14.0. The Morgan fingerprint density at radius 3 is 2.54 bits per heavy atom. The summed E-state index contributed by atoms with van der Waals surface area (Å²) in [5.41, 5.74) is 1.67. The fourth-order valence-corrected chi connectivity index (χ4v) is 3.68. The van der Waals surface area contributed by atoms with E-state index in [-0.39, 0.29) is 29.9 Å². The van der Waals surface area contributed by atoms with Gasteiger partial charge in [0.05, 0.1) is 11.4 Å². The van der Waals surface area contributed by atoms with E-state index in [9.17, 15) is 13.2 Å². The summed E-state index contributed by atoms with van der Waals surface area (Å²) in [4.78, 5) is 16.6. The van der Waals surface area contributed by atoms with E-state index in [2.05, 4.69) is 20.9 Å². The van der Waals surface area contributed by atoms with E-state index in [1.54, 1.807) is 19.1 Å². The second-order valence-corrected chi connectivity index (χ2v) is 8.92. The van der Waals surface area contributed by atoms with Gasteiger partial charge >= 0.3 is 0 Å². The number of guanidine groups is 1. The number of carbonyl (C=O) groups excluding carboxylic acids is 1. The molecule has 3 N–H and O–H groups in total. The van der Waals surface area contributed by atoms with E-state index >= 15 is 0 Å². The molecule has 0 radical (unpaired) electrons. The summed E-state index contributed by atoms with van der Waals surface area (Å²) in [6, 6.07) is 5.68. The molecular weight excluding hydrogens is 491 g/mol. The lowest BCUT2D eigenvalue weighted by Crippen LogP contribution is -2.38. The van der Waals surface area contributed by atoms with Gasteiger partial charge in [0, 0.05) is 31.8 Å². The Balaban J connectivity index is 0.00000392. The smallest absolute Gasteiger partial charge is 0.220 e. The van der Waals surface area contributed by atoms with Crippen molar-refractivity contribution in [3.8, 4) is 0 Å². The van der Waals surface area contributed by atoms with Crippen molar-refractivity contribution in [3.63, 3.8) is 0 Å². The van der Waals surface area contributed by atoms with E-state index < -0.39 is 9.84 Å². The van der Waals surface area contributed by atoms with Crippen LogP contribution in [0.5, 0.6) is 0 Å². The number of hydrogen-bond acceptors (Lipinski definition) is 4. The van der Waals surface area contributed by atoms with Crippen molar-refractivity contribution in [2.24, 2.45) is 4.99 Å². The number of nitrogens with zero attached hydrogens (tertiary/aromatic N) is 1. The Kier molecular flexibility index (Phi) is 10.2. The normalized spacial score (nSPS) is 14.2. The number of sulfone groups is 1. The van der Waals surface area contributed by atoms with Crippen LogP contribution >= 0.6 is 24.0 Å². The molecule has 0 heterocycles. The maximum Gasteiger partial charge on any atom is 0.220 e. The number of amides is 1. The van der Waals surface area contributed by atoms with Gasteiger partial charge in [0.25, 0.3) is 0 Å². The first-order valence-electron chi connectivity index (χ1n) is 9.40. The van der Waals surface area contributed by atoms with Crippen molar-refractivity contribution in [2.45, 2.75) is 57.0 Å². The summed E-state index contributed by atoms with van der Waals surface area (Å²) < 4.78 is 23.4. The predicted molar refractivity (Wildman–Crippen MR) is 123 cm³/mol. The van der Waals surface area contributed by atoms with Crippen molar-refractivity contribution in [3.05, 3.63) is 29.3 Å². The van der Waals surface area contributed by atoms with E-state index in [1.165, 1.54) is 6.26 Å². The van der Waals surface area contributed by atoms with Gasteiger partial charge in [-0.3, -0.25) is 4.79 Å². The van der Waals surface area contributed by atoms with E-state index in [0.29, 0.717) is 36.4 Å². The third-order valence-electron chi connectivity index (χ3n) is 4.22. The zero-order valence-corrected chi connectivity index (χ0v) is 19.9. The van der Waals surface area contributed by atoms with E-state index in [1.807, 2.05) is 13.0 Å². The second-order valence-electron chi connectivity index (χ2n) is 6.94. The standard InChI is InChI=1S/C19H30N4O3S.HI/c1-4-20-19(21-11-5-6-18(24)23-16-8-9-16)22-13-15-7-10-17(14(2)12-15)27(3,25)26;/h7,10,12,16H,4-6,8-9,11,13H2,1-3H3,(H,23,24)(H2,20,21,22);1H. The number of aryl methyl sites for hydroxylation is 1. The quantitative estimate of drug-likeness (QED) is 0.200. The Morgan fingerprint density at radius 1 is 1.25 bits per heavy atom. The van der Waals surface area contributed by atoms with Crippen LogP contribution < -0.4 is 16.0 Å². The SMILES string of the molecule is CCNC(=NCc1ccc(S(C)(=O)=O)c(C)c1)NCCCC(=O)NC1CC1.I. The minimum Gasteiger partial charge on any atom is -0.357 e. The van der Waals surface area contributed by atoms with E-state index in [4.69, 9.17) is 0 Å². The lowest BCUT2D eigenvalue weighted by Gasteiger charge is -2.12. The maximum absolute atomic E-state index is 11.7. The van der Waals surface area contributed by atoms with Gasteiger partial charge in [-0.05, 0) is 50.3 Å². The van der Waals surface area contributed by atoms with Gasteiger partial charge < -0.3 is 16.0 Å². The summed E-state index contributed by atoms with van der Waals surface area (Å²) >= 11 is 0. The molecule has 0 atom stereocenters. The van der Waals surface area contributed by atoms with Gasteiger partial charge in [-0.15, -0.1) is 24.0 Å². The molecule has 0 aliphatic heterocycles. The molecule has 0 bridgehead atoms. The molecule has 1 fully saturated rings. The average molecular weight is 522 g/mol.